The van der Waals surface area contributed by atoms with E-state index in [0.29, 0.717) is 11.4 Å². The van der Waals surface area contributed by atoms with Crippen LogP contribution in [0.15, 0.2) is 53.7 Å². The third kappa shape index (κ3) is 2.20. The molecule has 3 rings (SSSR count). The summed E-state index contributed by atoms with van der Waals surface area (Å²) < 4.78 is 1.25. The second-order valence-electron chi connectivity index (χ2n) is 4.29. The molecule has 0 bridgehead atoms. The Kier molecular flexibility index (Phi) is 3.07. The number of amides is 1. The van der Waals surface area contributed by atoms with E-state index in [0.717, 1.165) is 0 Å². The van der Waals surface area contributed by atoms with Crippen LogP contribution in [0.5, 0.6) is 0 Å². The van der Waals surface area contributed by atoms with Crippen molar-refractivity contribution in [3.8, 4) is 17.1 Å². The lowest BCUT2D eigenvalue weighted by molar-refractivity contribution is 0.1000. The van der Waals surface area contributed by atoms with E-state index in [9.17, 15) is 9.59 Å². The summed E-state index contributed by atoms with van der Waals surface area (Å²) in [6, 6.07) is 8.88. The number of aromatic amines is 1. The molecule has 0 aliphatic rings. The molecule has 0 fully saturated rings. The second-order valence-corrected chi connectivity index (χ2v) is 4.29. The number of hydrogen-bond donors (Lipinski definition) is 2. The molecular weight excluding hydrogens is 270 g/mol. The third-order valence-corrected chi connectivity index (χ3v) is 2.97. The van der Waals surface area contributed by atoms with Gasteiger partial charge in [-0.2, -0.15) is 0 Å². The van der Waals surface area contributed by atoms with Crippen molar-refractivity contribution in [2.75, 3.05) is 0 Å². The standard InChI is InChI=1S/C14H11N5O2/c15-13(20)11-12(10-8-16-6-7-17-10)18-19(14(11)21)9-4-2-1-3-5-9/h1-8,18H,(H2,15,20). The van der Waals surface area contributed by atoms with Crippen LogP contribution >= 0.6 is 0 Å². The van der Waals surface area contributed by atoms with E-state index in [1.807, 2.05) is 6.07 Å². The van der Waals surface area contributed by atoms with Crippen LogP contribution in [0.25, 0.3) is 17.1 Å². The van der Waals surface area contributed by atoms with Crippen LogP contribution in [-0.2, 0) is 0 Å². The van der Waals surface area contributed by atoms with Crippen molar-refractivity contribution in [1.82, 2.24) is 19.7 Å². The number of rotatable bonds is 3. The monoisotopic (exact) mass is 281 g/mol. The molecule has 3 aromatic rings. The zero-order chi connectivity index (χ0) is 14.8. The molecule has 1 amide bonds. The first-order chi connectivity index (χ1) is 10.2. The number of nitrogens with two attached hydrogens (primary N) is 1. The van der Waals surface area contributed by atoms with E-state index in [-0.39, 0.29) is 11.3 Å². The number of para-hydroxylation sites is 1. The first-order valence-corrected chi connectivity index (χ1v) is 6.15. The summed E-state index contributed by atoms with van der Waals surface area (Å²) in [7, 11) is 0. The van der Waals surface area contributed by atoms with Crippen molar-refractivity contribution in [3.05, 3.63) is 64.8 Å². The van der Waals surface area contributed by atoms with Crippen LogP contribution in [-0.4, -0.2) is 25.7 Å². The van der Waals surface area contributed by atoms with E-state index < -0.39 is 11.5 Å². The average molecular weight is 281 g/mol. The van der Waals surface area contributed by atoms with Crippen molar-refractivity contribution in [2.45, 2.75) is 0 Å². The number of nitrogens with zero attached hydrogens (tertiary/aromatic N) is 3. The first kappa shape index (κ1) is 12.8. The highest BCUT2D eigenvalue weighted by atomic mass is 16.2. The van der Waals surface area contributed by atoms with Crippen molar-refractivity contribution in [2.24, 2.45) is 5.73 Å². The van der Waals surface area contributed by atoms with Crippen LogP contribution in [0.2, 0.25) is 0 Å². The van der Waals surface area contributed by atoms with Crippen LogP contribution in [0.1, 0.15) is 10.4 Å². The van der Waals surface area contributed by atoms with Crippen molar-refractivity contribution in [1.29, 1.82) is 0 Å². The second kappa shape index (κ2) is 5.04. The molecular formula is C14H11N5O2. The first-order valence-electron chi connectivity index (χ1n) is 6.15. The Hall–Kier alpha value is -3.22. The number of carbonyl (C=O) groups excluding carboxylic acids is 1. The van der Waals surface area contributed by atoms with E-state index >= 15 is 0 Å². The number of primary amides is 1. The summed E-state index contributed by atoms with van der Waals surface area (Å²) in [6.45, 7) is 0. The molecule has 104 valence electrons. The normalized spacial score (nSPS) is 10.5. The van der Waals surface area contributed by atoms with Crippen LogP contribution in [0.3, 0.4) is 0 Å². The molecule has 0 spiro atoms. The molecule has 2 aromatic heterocycles. The number of hydrogen-bond acceptors (Lipinski definition) is 4. The fraction of sp³-hybridized carbons (Fsp3) is 0. The summed E-state index contributed by atoms with van der Waals surface area (Å²) in [4.78, 5) is 32.0. The van der Waals surface area contributed by atoms with Gasteiger partial charge in [-0.25, -0.2) is 4.68 Å². The van der Waals surface area contributed by atoms with Gasteiger partial charge in [0.1, 0.15) is 17.0 Å². The summed E-state index contributed by atoms with van der Waals surface area (Å²) in [5.41, 5.74) is 5.89. The zero-order valence-electron chi connectivity index (χ0n) is 10.9. The Labute approximate surface area is 119 Å². The van der Waals surface area contributed by atoms with Gasteiger partial charge in [-0.3, -0.25) is 24.7 Å². The van der Waals surface area contributed by atoms with E-state index in [1.54, 1.807) is 24.3 Å². The molecule has 3 N–H and O–H groups in total. The van der Waals surface area contributed by atoms with E-state index in [2.05, 4.69) is 15.1 Å². The molecule has 2 heterocycles. The fourth-order valence-electron chi connectivity index (χ4n) is 2.04. The van der Waals surface area contributed by atoms with Crippen LogP contribution in [0, 0.1) is 0 Å². The molecule has 0 saturated carbocycles. The summed E-state index contributed by atoms with van der Waals surface area (Å²) >= 11 is 0. The fourth-order valence-corrected chi connectivity index (χ4v) is 2.04. The SMILES string of the molecule is NC(=O)c1c(-c2cnccn2)[nH]n(-c2ccccc2)c1=O. The van der Waals surface area contributed by atoms with Gasteiger partial charge in [0.2, 0.25) is 0 Å². The minimum absolute atomic E-state index is 0.139. The van der Waals surface area contributed by atoms with Gasteiger partial charge in [0.15, 0.2) is 0 Å². The van der Waals surface area contributed by atoms with Gasteiger partial charge in [-0.1, -0.05) is 18.2 Å². The molecule has 0 atom stereocenters. The van der Waals surface area contributed by atoms with E-state index in [1.165, 1.54) is 23.3 Å². The number of benzene rings is 1. The van der Waals surface area contributed by atoms with Crippen LogP contribution in [0.4, 0.5) is 0 Å². The van der Waals surface area contributed by atoms with Crippen molar-refractivity contribution in [3.63, 3.8) is 0 Å². The maximum absolute atomic E-state index is 12.4. The summed E-state index contributed by atoms with van der Waals surface area (Å²) in [5, 5.41) is 2.86. The number of aromatic nitrogens is 4. The third-order valence-electron chi connectivity index (χ3n) is 2.97. The van der Waals surface area contributed by atoms with Crippen molar-refractivity contribution >= 4 is 5.91 Å². The Bertz CT molecular complexity index is 837. The molecule has 0 radical (unpaired) electrons. The van der Waals surface area contributed by atoms with E-state index in [4.69, 9.17) is 5.73 Å². The van der Waals surface area contributed by atoms with Gasteiger partial charge < -0.3 is 5.73 Å². The summed E-state index contributed by atoms with van der Waals surface area (Å²) in [6.07, 6.45) is 4.42. The number of carbonyl (C=O) groups is 1. The Balaban J connectivity index is 2.27. The zero-order valence-corrected chi connectivity index (χ0v) is 10.9. The Morgan fingerprint density at radius 3 is 2.57 bits per heavy atom. The molecule has 7 heteroatoms. The smallest absolute Gasteiger partial charge is 0.284 e. The predicted molar refractivity (Wildman–Crippen MR) is 75.9 cm³/mol. The number of H-pyrrole nitrogens is 1. The quantitative estimate of drug-likeness (QED) is 0.737. The van der Waals surface area contributed by atoms with Crippen LogP contribution < -0.4 is 11.3 Å². The molecule has 0 unspecified atom stereocenters. The number of nitrogens with one attached hydrogen (secondary N) is 1. The highest BCUT2D eigenvalue weighted by Gasteiger charge is 2.21. The molecule has 21 heavy (non-hydrogen) atoms. The highest BCUT2D eigenvalue weighted by Crippen LogP contribution is 2.17. The van der Waals surface area contributed by atoms with Gasteiger partial charge in [-0.15, -0.1) is 0 Å². The molecule has 0 aliphatic heterocycles. The Morgan fingerprint density at radius 2 is 1.95 bits per heavy atom. The summed E-state index contributed by atoms with van der Waals surface area (Å²) in [5.74, 6) is -0.813. The van der Waals surface area contributed by atoms with Crippen molar-refractivity contribution < 1.29 is 4.79 Å². The van der Waals surface area contributed by atoms with Gasteiger partial charge in [0, 0.05) is 12.4 Å². The van der Waals surface area contributed by atoms with Gasteiger partial charge in [0.05, 0.1) is 11.9 Å². The van der Waals surface area contributed by atoms with Gasteiger partial charge in [-0.05, 0) is 12.1 Å². The maximum Gasteiger partial charge on any atom is 0.284 e. The topological polar surface area (TPSA) is 107 Å². The minimum Gasteiger partial charge on any atom is -0.365 e. The average Bonchev–Trinajstić information content (AvgIpc) is 2.87. The molecule has 0 saturated heterocycles. The Morgan fingerprint density at radius 1 is 1.19 bits per heavy atom. The largest absolute Gasteiger partial charge is 0.365 e. The predicted octanol–water partition coefficient (Wildman–Crippen LogP) is 0.722. The lowest BCUT2D eigenvalue weighted by Gasteiger charge is -2.00. The lowest BCUT2D eigenvalue weighted by Crippen LogP contribution is -2.24. The maximum atomic E-state index is 12.4. The minimum atomic E-state index is -0.813. The molecule has 1 aromatic carbocycles. The molecule has 7 nitrogen and oxygen atoms in total. The van der Waals surface area contributed by atoms with Gasteiger partial charge in [0.25, 0.3) is 11.5 Å². The molecule has 0 aliphatic carbocycles. The van der Waals surface area contributed by atoms with Gasteiger partial charge >= 0.3 is 0 Å². The highest BCUT2D eigenvalue weighted by molar-refractivity contribution is 5.98. The lowest BCUT2D eigenvalue weighted by atomic mass is 10.2.